The quantitative estimate of drug-likeness (QED) is 0.875. The molecule has 2 atom stereocenters. The molecule has 3 rings (SSSR count). The number of morpholine rings is 1. The van der Waals surface area contributed by atoms with Crippen LogP contribution in [0.4, 0.5) is 0 Å². The summed E-state index contributed by atoms with van der Waals surface area (Å²) in [6, 6.07) is 10.6. The number of ether oxygens (including phenoxy) is 1. The SMILES string of the molecule is CC1COCC(CC(=O)c2cc3ccccc3s2)N1. The highest BCUT2D eigenvalue weighted by Gasteiger charge is 2.22. The molecule has 100 valence electrons. The van der Waals surface area contributed by atoms with Crippen molar-refractivity contribution < 1.29 is 9.53 Å². The van der Waals surface area contributed by atoms with Crippen LogP contribution in [0.2, 0.25) is 0 Å². The first-order valence-corrected chi connectivity index (χ1v) is 7.39. The van der Waals surface area contributed by atoms with Crippen molar-refractivity contribution in [3.8, 4) is 0 Å². The number of carbonyl (C=O) groups is 1. The number of Topliss-reactive ketones (excluding diaryl/α,β-unsaturated/α-hetero) is 1. The van der Waals surface area contributed by atoms with Gasteiger partial charge in [-0.25, -0.2) is 0 Å². The highest BCUT2D eigenvalue weighted by atomic mass is 32.1. The van der Waals surface area contributed by atoms with E-state index in [1.807, 2.05) is 24.3 Å². The summed E-state index contributed by atoms with van der Waals surface area (Å²) in [6.07, 6.45) is 0.511. The maximum absolute atomic E-state index is 12.3. The molecule has 1 N–H and O–H groups in total. The molecule has 0 bridgehead atoms. The normalized spacial score (nSPS) is 23.6. The number of ketones is 1. The topological polar surface area (TPSA) is 38.3 Å². The second-order valence-electron chi connectivity index (χ2n) is 5.08. The zero-order chi connectivity index (χ0) is 13.2. The van der Waals surface area contributed by atoms with E-state index in [2.05, 4.69) is 18.3 Å². The number of rotatable bonds is 3. The molecular formula is C15H17NO2S. The second-order valence-corrected chi connectivity index (χ2v) is 6.16. The van der Waals surface area contributed by atoms with Crippen LogP contribution in [0.5, 0.6) is 0 Å². The number of fused-ring (bicyclic) bond motifs is 1. The van der Waals surface area contributed by atoms with Crippen molar-refractivity contribution in [2.24, 2.45) is 0 Å². The molecule has 1 aliphatic heterocycles. The van der Waals surface area contributed by atoms with Gasteiger partial charge in [-0.15, -0.1) is 11.3 Å². The average molecular weight is 275 g/mol. The van der Waals surface area contributed by atoms with Gasteiger partial charge in [-0.3, -0.25) is 4.79 Å². The zero-order valence-corrected chi connectivity index (χ0v) is 11.7. The second kappa shape index (κ2) is 5.41. The fraction of sp³-hybridized carbons (Fsp3) is 0.400. The predicted molar refractivity (Wildman–Crippen MR) is 78.0 cm³/mol. The van der Waals surface area contributed by atoms with Crippen LogP contribution >= 0.6 is 11.3 Å². The van der Waals surface area contributed by atoms with Gasteiger partial charge in [0.2, 0.25) is 0 Å². The van der Waals surface area contributed by atoms with Gasteiger partial charge in [0, 0.05) is 23.2 Å². The van der Waals surface area contributed by atoms with E-state index >= 15 is 0 Å². The minimum Gasteiger partial charge on any atom is -0.378 e. The van der Waals surface area contributed by atoms with Gasteiger partial charge in [-0.2, -0.15) is 0 Å². The average Bonchev–Trinajstić information content (AvgIpc) is 2.82. The zero-order valence-electron chi connectivity index (χ0n) is 10.9. The minimum absolute atomic E-state index is 0.140. The van der Waals surface area contributed by atoms with Gasteiger partial charge in [0.05, 0.1) is 18.1 Å². The molecule has 3 nitrogen and oxygen atoms in total. The van der Waals surface area contributed by atoms with E-state index in [1.54, 1.807) is 11.3 Å². The van der Waals surface area contributed by atoms with E-state index in [4.69, 9.17) is 4.74 Å². The largest absolute Gasteiger partial charge is 0.378 e. The molecule has 0 amide bonds. The Morgan fingerprint density at radius 2 is 2.26 bits per heavy atom. The summed E-state index contributed by atoms with van der Waals surface area (Å²) in [6.45, 7) is 3.44. The van der Waals surface area contributed by atoms with Gasteiger partial charge in [-0.1, -0.05) is 18.2 Å². The molecule has 1 saturated heterocycles. The van der Waals surface area contributed by atoms with E-state index in [0.717, 1.165) is 16.9 Å². The third kappa shape index (κ3) is 2.86. The van der Waals surface area contributed by atoms with Crippen molar-refractivity contribution in [2.75, 3.05) is 13.2 Å². The van der Waals surface area contributed by atoms with E-state index in [1.165, 1.54) is 4.70 Å². The Balaban J connectivity index is 1.72. The molecule has 1 aromatic heterocycles. The molecule has 1 aromatic carbocycles. The highest BCUT2D eigenvalue weighted by Crippen LogP contribution is 2.26. The third-order valence-corrected chi connectivity index (χ3v) is 4.50. The molecule has 2 aromatic rings. The van der Waals surface area contributed by atoms with E-state index in [9.17, 15) is 4.79 Å². The van der Waals surface area contributed by atoms with Crippen molar-refractivity contribution in [3.05, 3.63) is 35.2 Å². The molecule has 1 fully saturated rings. The summed E-state index contributed by atoms with van der Waals surface area (Å²) in [7, 11) is 0. The summed E-state index contributed by atoms with van der Waals surface area (Å²) < 4.78 is 6.65. The lowest BCUT2D eigenvalue weighted by atomic mass is 10.1. The van der Waals surface area contributed by atoms with Crippen LogP contribution in [0.3, 0.4) is 0 Å². The summed E-state index contributed by atoms with van der Waals surface area (Å²) in [5, 5.41) is 4.56. The molecule has 1 aliphatic rings. The Hall–Kier alpha value is -1.23. The molecule has 2 unspecified atom stereocenters. The molecule has 0 spiro atoms. The van der Waals surface area contributed by atoms with Gasteiger partial charge < -0.3 is 10.1 Å². The third-order valence-electron chi connectivity index (χ3n) is 3.34. The van der Waals surface area contributed by atoms with Crippen molar-refractivity contribution >= 4 is 27.2 Å². The number of thiophene rings is 1. The summed E-state index contributed by atoms with van der Waals surface area (Å²) in [5.41, 5.74) is 0. The first-order chi connectivity index (χ1) is 9.22. The first kappa shape index (κ1) is 12.8. The van der Waals surface area contributed by atoms with Crippen LogP contribution in [0.25, 0.3) is 10.1 Å². The van der Waals surface area contributed by atoms with E-state index in [-0.39, 0.29) is 11.8 Å². The standard InChI is InChI=1S/C15H17NO2S/c1-10-8-18-9-12(16-10)7-13(17)15-6-11-4-2-3-5-14(11)19-15/h2-6,10,12,16H,7-9H2,1H3. The Bertz CT molecular complexity index is 560. The fourth-order valence-electron chi connectivity index (χ4n) is 2.45. The maximum atomic E-state index is 12.3. The van der Waals surface area contributed by atoms with Gasteiger partial charge in [0.25, 0.3) is 0 Å². The Morgan fingerprint density at radius 3 is 3.05 bits per heavy atom. The summed E-state index contributed by atoms with van der Waals surface area (Å²) >= 11 is 1.58. The van der Waals surface area contributed by atoms with Crippen molar-refractivity contribution in [2.45, 2.75) is 25.4 Å². The number of hydrogen-bond acceptors (Lipinski definition) is 4. The van der Waals surface area contributed by atoms with Crippen LogP contribution in [0.15, 0.2) is 30.3 Å². The van der Waals surface area contributed by atoms with Crippen molar-refractivity contribution in [1.82, 2.24) is 5.32 Å². The van der Waals surface area contributed by atoms with Gasteiger partial charge in [0.15, 0.2) is 5.78 Å². The Morgan fingerprint density at radius 1 is 1.42 bits per heavy atom. The van der Waals surface area contributed by atoms with E-state index in [0.29, 0.717) is 19.1 Å². The lowest BCUT2D eigenvalue weighted by Gasteiger charge is -2.28. The molecule has 0 saturated carbocycles. The minimum atomic E-state index is 0.140. The summed E-state index contributed by atoms with van der Waals surface area (Å²) in [4.78, 5) is 13.2. The summed E-state index contributed by atoms with van der Waals surface area (Å²) in [5.74, 6) is 0.205. The van der Waals surface area contributed by atoms with Crippen molar-refractivity contribution in [3.63, 3.8) is 0 Å². The molecule has 4 heteroatoms. The molecule has 0 radical (unpaired) electrons. The number of nitrogens with one attached hydrogen (secondary N) is 1. The van der Waals surface area contributed by atoms with Crippen LogP contribution in [0, 0.1) is 0 Å². The first-order valence-electron chi connectivity index (χ1n) is 6.58. The van der Waals surface area contributed by atoms with Gasteiger partial charge >= 0.3 is 0 Å². The van der Waals surface area contributed by atoms with E-state index < -0.39 is 0 Å². The smallest absolute Gasteiger partial charge is 0.174 e. The van der Waals surface area contributed by atoms with Crippen LogP contribution in [0.1, 0.15) is 23.0 Å². The number of benzene rings is 1. The Kier molecular flexibility index (Phi) is 3.64. The lowest BCUT2D eigenvalue weighted by Crippen LogP contribution is -2.48. The number of hydrogen-bond donors (Lipinski definition) is 1. The maximum Gasteiger partial charge on any atom is 0.174 e. The fourth-order valence-corrected chi connectivity index (χ4v) is 3.46. The predicted octanol–water partition coefficient (Wildman–Crippen LogP) is 2.85. The molecule has 0 aliphatic carbocycles. The van der Waals surface area contributed by atoms with Gasteiger partial charge in [0.1, 0.15) is 0 Å². The lowest BCUT2D eigenvalue weighted by molar-refractivity contribution is 0.0464. The number of carbonyl (C=O) groups excluding carboxylic acids is 1. The van der Waals surface area contributed by atoms with Crippen LogP contribution in [-0.2, 0) is 4.74 Å². The molecular weight excluding hydrogens is 258 g/mol. The molecule has 19 heavy (non-hydrogen) atoms. The van der Waals surface area contributed by atoms with Crippen LogP contribution in [-0.4, -0.2) is 31.1 Å². The monoisotopic (exact) mass is 275 g/mol. The van der Waals surface area contributed by atoms with Crippen molar-refractivity contribution in [1.29, 1.82) is 0 Å². The van der Waals surface area contributed by atoms with Gasteiger partial charge in [-0.05, 0) is 24.4 Å². The highest BCUT2D eigenvalue weighted by molar-refractivity contribution is 7.20. The molecule has 2 heterocycles. The Labute approximate surface area is 116 Å². The van der Waals surface area contributed by atoms with Crippen LogP contribution < -0.4 is 5.32 Å².